The van der Waals surface area contributed by atoms with Crippen molar-refractivity contribution in [2.75, 3.05) is 19.4 Å². The fourth-order valence-electron chi connectivity index (χ4n) is 2.54. The first-order valence-corrected chi connectivity index (χ1v) is 6.72. The van der Waals surface area contributed by atoms with Gasteiger partial charge in [-0.05, 0) is 5.56 Å². The van der Waals surface area contributed by atoms with Crippen LogP contribution in [0.2, 0.25) is 0 Å². The van der Waals surface area contributed by atoms with E-state index in [0.29, 0.717) is 11.8 Å². The molecule has 0 bridgehead atoms. The predicted octanol–water partition coefficient (Wildman–Crippen LogP) is 1.63. The van der Waals surface area contributed by atoms with Crippen LogP contribution in [-0.4, -0.2) is 28.5 Å². The molecule has 104 valence electrons. The smallest absolute Gasteiger partial charge is 0.318 e. The second kappa shape index (κ2) is 5.46. The van der Waals surface area contributed by atoms with Crippen molar-refractivity contribution >= 4 is 5.82 Å². The van der Waals surface area contributed by atoms with Gasteiger partial charge in [-0.2, -0.15) is 9.97 Å². The molecule has 0 fully saturated rings. The van der Waals surface area contributed by atoms with Gasteiger partial charge in [0, 0.05) is 31.6 Å². The lowest BCUT2D eigenvalue weighted by Crippen LogP contribution is -2.31. The lowest BCUT2D eigenvalue weighted by Gasteiger charge is -2.28. The van der Waals surface area contributed by atoms with E-state index in [1.165, 1.54) is 5.56 Å². The molecule has 1 aliphatic rings. The summed E-state index contributed by atoms with van der Waals surface area (Å²) in [6, 6.07) is 10.8. The van der Waals surface area contributed by atoms with Crippen LogP contribution in [0.1, 0.15) is 16.8 Å². The lowest BCUT2D eigenvalue weighted by atomic mass is 10.1. The second-order valence-corrected chi connectivity index (χ2v) is 4.97. The summed E-state index contributed by atoms with van der Waals surface area (Å²) in [5.41, 5.74) is 9.37. The van der Waals surface area contributed by atoms with Crippen molar-refractivity contribution in [3.05, 3.63) is 47.2 Å². The number of benzene rings is 1. The minimum atomic E-state index is 0.359. The number of aromatic nitrogens is 2. The number of hydrogen-bond donors (Lipinski definition) is 1. The number of anilines is 1. The third-order valence-corrected chi connectivity index (χ3v) is 3.58. The standard InChI is InChI=1S/C15H18N4O/c1-20-15-17-13-7-8-19(10-12(13)14(16)18-15)9-11-5-3-2-4-6-11/h2-6H,7-10H2,1H3,(H2,16,17,18). The Morgan fingerprint density at radius 3 is 2.80 bits per heavy atom. The van der Waals surface area contributed by atoms with Crippen LogP contribution in [0.5, 0.6) is 6.01 Å². The zero-order valence-electron chi connectivity index (χ0n) is 11.5. The summed E-state index contributed by atoms with van der Waals surface area (Å²) in [5.74, 6) is 0.532. The maximum absolute atomic E-state index is 6.02. The molecule has 5 heteroatoms. The van der Waals surface area contributed by atoms with Gasteiger partial charge in [-0.25, -0.2) is 0 Å². The summed E-state index contributed by atoms with van der Waals surface area (Å²) < 4.78 is 5.07. The average molecular weight is 270 g/mol. The Morgan fingerprint density at radius 2 is 2.05 bits per heavy atom. The van der Waals surface area contributed by atoms with Gasteiger partial charge in [-0.1, -0.05) is 30.3 Å². The van der Waals surface area contributed by atoms with Crippen molar-refractivity contribution < 1.29 is 4.74 Å². The van der Waals surface area contributed by atoms with Gasteiger partial charge in [0.2, 0.25) is 0 Å². The van der Waals surface area contributed by atoms with Crippen LogP contribution in [0.25, 0.3) is 0 Å². The number of hydrogen-bond acceptors (Lipinski definition) is 5. The molecule has 2 heterocycles. The van der Waals surface area contributed by atoms with E-state index in [1.807, 2.05) is 6.07 Å². The largest absolute Gasteiger partial charge is 0.467 e. The Balaban J connectivity index is 1.78. The molecule has 3 rings (SSSR count). The normalized spacial score (nSPS) is 14.8. The fraction of sp³-hybridized carbons (Fsp3) is 0.333. The summed E-state index contributed by atoms with van der Waals surface area (Å²) in [7, 11) is 1.56. The van der Waals surface area contributed by atoms with Gasteiger partial charge in [0.05, 0.1) is 12.8 Å². The van der Waals surface area contributed by atoms with E-state index >= 15 is 0 Å². The summed E-state index contributed by atoms with van der Waals surface area (Å²) in [5, 5.41) is 0. The molecule has 0 unspecified atom stereocenters. The van der Waals surface area contributed by atoms with Gasteiger partial charge in [-0.3, -0.25) is 4.90 Å². The van der Waals surface area contributed by atoms with Gasteiger partial charge in [0.25, 0.3) is 0 Å². The number of nitrogens with two attached hydrogens (primary N) is 1. The van der Waals surface area contributed by atoms with Crippen molar-refractivity contribution in [2.45, 2.75) is 19.5 Å². The second-order valence-electron chi connectivity index (χ2n) is 4.97. The quantitative estimate of drug-likeness (QED) is 0.918. The third-order valence-electron chi connectivity index (χ3n) is 3.58. The van der Waals surface area contributed by atoms with Gasteiger partial charge in [0.1, 0.15) is 5.82 Å². The zero-order valence-corrected chi connectivity index (χ0v) is 11.5. The molecule has 0 spiro atoms. The highest BCUT2D eigenvalue weighted by molar-refractivity contribution is 5.44. The molecule has 2 aromatic rings. The zero-order chi connectivity index (χ0) is 13.9. The fourth-order valence-corrected chi connectivity index (χ4v) is 2.54. The predicted molar refractivity (Wildman–Crippen MR) is 77.3 cm³/mol. The molecule has 0 saturated carbocycles. The molecule has 0 radical (unpaired) electrons. The summed E-state index contributed by atoms with van der Waals surface area (Å²) >= 11 is 0. The molecule has 0 aliphatic carbocycles. The van der Waals surface area contributed by atoms with Crippen molar-refractivity contribution in [2.24, 2.45) is 0 Å². The molecule has 0 atom stereocenters. The Hall–Kier alpha value is -2.14. The van der Waals surface area contributed by atoms with Crippen molar-refractivity contribution in [3.63, 3.8) is 0 Å². The maximum Gasteiger partial charge on any atom is 0.318 e. The van der Waals surface area contributed by atoms with Crippen LogP contribution in [0.4, 0.5) is 5.82 Å². The number of rotatable bonds is 3. The van der Waals surface area contributed by atoms with Crippen LogP contribution in [0.15, 0.2) is 30.3 Å². The van der Waals surface area contributed by atoms with Gasteiger partial charge < -0.3 is 10.5 Å². The van der Waals surface area contributed by atoms with Gasteiger partial charge >= 0.3 is 6.01 Å². The summed E-state index contributed by atoms with van der Waals surface area (Å²) in [4.78, 5) is 10.9. The summed E-state index contributed by atoms with van der Waals surface area (Å²) in [6.45, 7) is 2.69. The van der Waals surface area contributed by atoms with E-state index in [4.69, 9.17) is 10.5 Å². The van der Waals surface area contributed by atoms with Crippen LogP contribution >= 0.6 is 0 Å². The first-order valence-electron chi connectivity index (χ1n) is 6.72. The van der Waals surface area contributed by atoms with Crippen molar-refractivity contribution in [3.8, 4) is 6.01 Å². The molecule has 2 N–H and O–H groups in total. The van der Waals surface area contributed by atoms with Gasteiger partial charge in [0.15, 0.2) is 0 Å². The van der Waals surface area contributed by atoms with Crippen molar-refractivity contribution in [1.82, 2.24) is 14.9 Å². The Kier molecular flexibility index (Phi) is 3.52. The number of methoxy groups -OCH3 is 1. The van der Waals surface area contributed by atoms with Crippen molar-refractivity contribution in [1.29, 1.82) is 0 Å². The monoisotopic (exact) mass is 270 g/mol. The minimum absolute atomic E-state index is 0.359. The minimum Gasteiger partial charge on any atom is -0.467 e. The molecule has 0 saturated heterocycles. The number of fused-ring (bicyclic) bond motifs is 1. The van der Waals surface area contributed by atoms with E-state index < -0.39 is 0 Å². The Labute approximate surface area is 118 Å². The topological polar surface area (TPSA) is 64.3 Å². The maximum atomic E-state index is 6.02. The van der Waals surface area contributed by atoms with E-state index in [0.717, 1.165) is 37.3 Å². The van der Waals surface area contributed by atoms with Gasteiger partial charge in [-0.15, -0.1) is 0 Å². The van der Waals surface area contributed by atoms with E-state index in [1.54, 1.807) is 7.11 Å². The summed E-state index contributed by atoms with van der Waals surface area (Å²) in [6.07, 6.45) is 0.880. The third kappa shape index (κ3) is 2.58. The van der Waals surface area contributed by atoms with Crippen LogP contribution in [0.3, 0.4) is 0 Å². The molecule has 0 amide bonds. The first-order chi connectivity index (χ1) is 9.76. The molecule has 1 aliphatic heterocycles. The molecular formula is C15H18N4O. The van der Waals surface area contributed by atoms with E-state index in [2.05, 4.69) is 39.1 Å². The highest BCUT2D eigenvalue weighted by atomic mass is 16.5. The first kappa shape index (κ1) is 12.9. The SMILES string of the molecule is COc1nc(N)c2c(n1)CCN(Cc1ccccc1)C2. The Morgan fingerprint density at radius 1 is 1.25 bits per heavy atom. The highest BCUT2D eigenvalue weighted by Gasteiger charge is 2.21. The Bertz CT molecular complexity index is 600. The number of nitrogens with zero attached hydrogens (tertiary/aromatic N) is 3. The van der Waals surface area contributed by atoms with Crippen LogP contribution < -0.4 is 10.5 Å². The molecule has 1 aromatic heterocycles. The molecule has 5 nitrogen and oxygen atoms in total. The number of ether oxygens (including phenoxy) is 1. The average Bonchev–Trinajstić information content (AvgIpc) is 2.48. The highest BCUT2D eigenvalue weighted by Crippen LogP contribution is 2.24. The molecule has 1 aromatic carbocycles. The lowest BCUT2D eigenvalue weighted by molar-refractivity contribution is 0.242. The van der Waals surface area contributed by atoms with E-state index in [-0.39, 0.29) is 0 Å². The van der Waals surface area contributed by atoms with Crippen LogP contribution in [0, 0.1) is 0 Å². The molecule has 20 heavy (non-hydrogen) atoms. The molecular weight excluding hydrogens is 252 g/mol. The van der Waals surface area contributed by atoms with E-state index in [9.17, 15) is 0 Å². The van der Waals surface area contributed by atoms with Crippen LogP contribution in [-0.2, 0) is 19.5 Å². The number of nitrogen functional groups attached to an aromatic ring is 1.